The van der Waals surface area contributed by atoms with Gasteiger partial charge >= 0.3 is 0 Å². The van der Waals surface area contributed by atoms with Gasteiger partial charge in [0, 0.05) is 6.20 Å². The molecule has 0 saturated carbocycles. The van der Waals surface area contributed by atoms with E-state index in [1.54, 1.807) is 12.4 Å². The zero-order valence-corrected chi connectivity index (χ0v) is 7.30. The van der Waals surface area contributed by atoms with E-state index in [1.807, 2.05) is 6.92 Å². The van der Waals surface area contributed by atoms with Gasteiger partial charge in [-0.25, -0.2) is 0 Å². The van der Waals surface area contributed by atoms with Crippen molar-refractivity contribution in [3.05, 3.63) is 36.4 Å². The third kappa shape index (κ3) is 2.37. The second-order valence-electron chi connectivity index (χ2n) is 2.47. The molecule has 4 heteroatoms. The van der Waals surface area contributed by atoms with Gasteiger partial charge in [-0.05, 0) is 13.0 Å². The Morgan fingerprint density at radius 2 is 2.31 bits per heavy atom. The van der Waals surface area contributed by atoms with Crippen molar-refractivity contribution in [1.82, 2.24) is 9.97 Å². The summed E-state index contributed by atoms with van der Waals surface area (Å²) >= 11 is 0. The monoisotopic (exact) mass is 178 g/mol. The quantitative estimate of drug-likeness (QED) is 0.513. The van der Waals surface area contributed by atoms with Crippen molar-refractivity contribution < 1.29 is 9.53 Å². The van der Waals surface area contributed by atoms with Gasteiger partial charge in [-0.3, -0.25) is 14.8 Å². The number of aryl methyl sites for hydroxylation is 1. The molecule has 0 fully saturated rings. The lowest BCUT2D eigenvalue weighted by atomic mass is 10.2. The van der Waals surface area contributed by atoms with Crippen LogP contribution in [0.2, 0.25) is 0 Å². The summed E-state index contributed by atoms with van der Waals surface area (Å²) in [4.78, 5) is 18.2. The van der Waals surface area contributed by atoms with E-state index < -0.39 is 6.10 Å². The Kier molecular flexibility index (Phi) is 3.14. The van der Waals surface area contributed by atoms with Crippen LogP contribution < -0.4 is 0 Å². The molecule has 1 unspecified atom stereocenters. The predicted octanol–water partition coefficient (Wildman–Crippen LogP) is 1.19. The molecule has 0 amide bonds. The van der Waals surface area contributed by atoms with Crippen molar-refractivity contribution in [2.75, 3.05) is 0 Å². The molecule has 0 spiro atoms. The Balaban J connectivity index is 2.84. The molecule has 13 heavy (non-hydrogen) atoms. The largest absolute Gasteiger partial charge is 0.454 e. The van der Waals surface area contributed by atoms with E-state index >= 15 is 0 Å². The Morgan fingerprint density at radius 1 is 1.54 bits per heavy atom. The minimum absolute atomic E-state index is 0.369. The highest BCUT2D eigenvalue weighted by atomic mass is 16.5. The molecule has 0 saturated heterocycles. The summed E-state index contributed by atoms with van der Waals surface area (Å²) in [5.41, 5.74) is 1.39. The van der Waals surface area contributed by atoms with Gasteiger partial charge in [-0.15, -0.1) is 0 Å². The van der Waals surface area contributed by atoms with Crippen LogP contribution in [0, 0.1) is 6.92 Å². The van der Waals surface area contributed by atoms with Crippen LogP contribution in [-0.4, -0.2) is 16.4 Å². The lowest BCUT2D eigenvalue weighted by molar-refractivity contribution is -0.131. The van der Waals surface area contributed by atoms with Crippen molar-refractivity contribution in [3.63, 3.8) is 0 Å². The molecule has 0 bridgehead atoms. The molecule has 0 N–H and O–H groups in total. The number of ether oxygens (including phenoxy) is 1. The van der Waals surface area contributed by atoms with E-state index in [0.717, 1.165) is 5.69 Å². The van der Waals surface area contributed by atoms with Gasteiger partial charge < -0.3 is 4.74 Å². The fraction of sp³-hybridized carbons (Fsp3) is 0.222. The molecular weight excluding hydrogens is 168 g/mol. The predicted molar refractivity (Wildman–Crippen MR) is 46.9 cm³/mol. The van der Waals surface area contributed by atoms with Gasteiger partial charge in [0.1, 0.15) is 5.69 Å². The van der Waals surface area contributed by atoms with Crippen LogP contribution in [0.3, 0.4) is 0 Å². The topological polar surface area (TPSA) is 52.1 Å². The third-order valence-electron chi connectivity index (χ3n) is 1.51. The van der Waals surface area contributed by atoms with Gasteiger partial charge in [-0.1, -0.05) is 6.58 Å². The average Bonchev–Trinajstić information content (AvgIpc) is 2.16. The van der Waals surface area contributed by atoms with Crippen LogP contribution in [0.15, 0.2) is 25.0 Å². The lowest BCUT2D eigenvalue weighted by Gasteiger charge is -2.08. The zero-order chi connectivity index (χ0) is 9.68. The molecule has 68 valence electrons. The fourth-order valence-electron chi connectivity index (χ4n) is 0.855. The van der Waals surface area contributed by atoms with E-state index in [0.29, 0.717) is 12.2 Å². The van der Waals surface area contributed by atoms with Crippen LogP contribution in [-0.2, 0) is 9.53 Å². The molecule has 1 atom stereocenters. The number of hydrogen-bond donors (Lipinski definition) is 0. The molecular formula is C9H10N2O2. The minimum Gasteiger partial charge on any atom is -0.454 e. The van der Waals surface area contributed by atoms with E-state index in [9.17, 15) is 4.79 Å². The summed E-state index contributed by atoms with van der Waals surface area (Å²) in [6, 6.07) is 0. The smallest absolute Gasteiger partial charge is 0.294 e. The standard InChI is InChI=1S/C9H10N2O2/c1-3-9(13-6-12)8-5-10-7(2)4-11-8/h3-6,9H,1H2,2H3. The number of carbonyl (C=O) groups is 1. The van der Waals surface area contributed by atoms with E-state index in [4.69, 9.17) is 4.74 Å². The second-order valence-corrected chi connectivity index (χ2v) is 2.47. The Labute approximate surface area is 76.3 Å². The van der Waals surface area contributed by atoms with Gasteiger partial charge in [0.25, 0.3) is 6.47 Å². The summed E-state index contributed by atoms with van der Waals surface area (Å²) in [7, 11) is 0. The fourth-order valence-corrected chi connectivity index (χ4v) is 0.855. The van der Waals surface area contributed by atoms with Crippen LogP contribution in [0.25, 0.3) is 0 Å². The third-order valence-corrected chi connectivity index (χ3v) is 1.51. The van der Waals surface area contributed by atoms with E-state index in [-0.39, 0.29) is 0 Å². The zero-order valence-electron chi connectivity index (χ0n) is 7.30. The van der Waals surface area contributed by atoms with Crippen molar-refractivity contribution in [3.8, 4) is 0 Å². The summed E-state index contributed by atoms with van der Waals surface area (Å²) in [6.07, 6.45) is 4.16. The number of carbonyl (C=O) groups excluding carboxylic acids is 1. The van der Waals surface area contributed by atoms with Gasteiger partial charge in [0.05, 0.1) is 11.9 Å². The SMILES string of the molecule is C=CC(OC=O)c1cnc(C)cn1. The first-order chi connectivity index (χ1) is 6.27. The summed E-state index contributed by atoms with van der Waals surface area (Å²) in [6.45, 7) is 5.73. The van der Waals surface area contributed by atoms with Crippen molar-refractivity contribution in [2.45, 2.75) is 13.0 Å². The van der Waals surface area contributed by atoms with Crippen molar-refractivity contribution in [1.29, 1.82) is 0 Å². The van der Waals surface area contributed by atoms with Crippen LogP contribution in [0.4, 0.5) is 0 Å². The first-order valence-corrected chi connectivity index (χ1v) is 3.78. The minimum atomic E-state index is -0.509. The van der Waals surface area contributed by atoms with Crippen LogP contribution >= 0.6 is 0 Å². The summed E-state index contributed by atoms with van der Waals surface area (Å²) in [5, 5.41) is 0. The Morgan fingerprint density at radius 3 is 2.77 bits per heavy atom. The number of aromatic nitrogens is 2. The van der Waals surface area contributed by atoms with Crippen molar-refractivity contribution in [2.24, 2.45) is 0 Å². The molecule has 0 aliphatic carbocycles. The second kappa shape index (κ2) is 4.35. The average molecular weight is 178 g/mol. The first-order valence-electron chi connectivity index (χ1n) is 3.78. The molecule has 1 aromatic heterocycles. The molecule has 0 aromatic carbocycles. The molecule has 1 rings (SSSR count). The molecule has 0 aliphatic rings. The molecule has 1 aromatic rings. The first kappa shape index (κ1) is 9.38. The highest BCUT2D eigenvalue weighted by Crippen LogP contribution is 2.13. The molecule has 0 radical (unpaired) electrons. The Bertz CT molecular complexity index is 295. The maximum atomic E-state index is 10.1. The van der Waals surface area contributed by atoms with E-state index in [2.05, 4.69) is 16.5 Å². The molecule has 0 aliphatic heterocycles. The Hall–Kier alpha value is -1.71. The highest BCUT2D eigenvalue weighted by Gasteiger charge is 2.08. The van der Waals surface area contributed by atoms with Crippen molar-refractivity contribution >= 4 is 6.47 Å². The van der Waals surface area contributed by atoms with Crippen LogP contribution in [0.5, 0.6) is 0 Å². The number of rotatable bonds is 4. The highest BCUT2D eigenvalue weighted by molar-refractivity contribution is 5.38. The van der Waals surface area contributed by atoms with E-state index in [1.165, 1.54) is 6.08 Å². The van der Waals surface area contributed by atoms with Gasteiger partial charge in [-0.2, -0.15) is 0 Å². The summed E-state index contributed by atoms with van der Waals surface area (Å²) < 4.78 is 4.72. The number of nitrogens with zero attached hydrogens (tertiary/aromatic N) is 2. The molecule has 1 heterocycles. The normalized spacial score (nSPS) is 11.8. The number of hydrogen-bond acceptors (Lipinski definition) is 4. The molecule has 4 nitrogen and oxygen atoms in total. The van der Waals surface area contributed by atoms with Gasteiger partial charge in [0.15, 0.2) is 6.10 Å². The maximum Gasteiger partial charge on any atom is 0.294 e. The van der Waals surface area contributed by atoms with Crippen LogP contribution in [0.1, 0.15) is 17.5 Å². The van der Waals surface area contributed by atoms with Gasteiger partial charge in [0.2, 0.25) is 0 Å². The maximum absolute atomic E-state index is 10.1. The summed E-state index contributed by atoms with van der Waals surface area (Å²) in [5.74, 6) is 0. The lowest BCUT2D eigenvalue weighted by Crippen LogP contribution is -2.03.